The third kappa shape index (κ3) is 7.38. The van der Waals surface area contributed by atoms with Crippen molar-refractivity contribution >= 4 is 88.6 Å². The summed E-state index contributed by atoms with van der Waals surface area (Å²) in [6, 6.07) is 113. The van der Waals surface area contributed by atoms with Gasteiger partial charge in [-0.3, -0.25) is 0 Å². The van der Waals surface area contributed by atoms with E-state index < -0.39 is 5.41 Å². The van der Waals surface area contributed by atoms with Gasteiger partial charge in [0.15, 0.2) is 5.58 Å². The van der Waals surface area contributed by atoms with Crippen LogP contribution in [0.3, 0.4) is 0 Å². The lowest BCUT2D eigenvalue weighted by molar-refractivity contribution is 0.669. The maximum atomic E-state index is 7.07. The van der Waals surface area contributed by atoms with Gasteiger partial charge in [0.05, 0.1) is 22.1 Å². The third-order valence-corrected chi connectivity index (χ3v) is 16.8. The molecule has 0 fully saturated rings. The second-order valence-corrected chi connectivity index (χ2v) is 21.2. The first-order chi connectivity index (χ1) is 40.2. The first-order valence-electron chi connectivity index (χ1n) is 27.8. The molecule has 2 heterocycles. The Labute approximate surface area is 469 Å². The monoisotopic (exact) mass is 1030 g/mol. The van der Waals surface area contributed by atoms with Crippen molar-refractivity contribution in [3.63, 3.8) is 0 Å². The number of para-hydroxylation sites is 5. The molecule has 0 unspecified atom stereocenters. The molecule has 0 spiro atoms. The minimum absolute atomic E-state index is 0.621. The maximum Gasteiger partial charge on any atom is 0.159 e. The van der Waals surface area contributed by atoms with Crippen molar-refractivity contribution < 1.29 is 4.42 Å². The van der Waals surface area contributed by atoms with Crippen molar-refractivity contribution in [2.45, 2.75) is 5.41 Å². The van der Waals surface area contributed by atoms with Crippen LogP contribution in [-0.2, 0) is 5.41 Å². The van der Waals surface area contributed by atoms with E-state index in [0.717, 1.165) is 78.4 Å². The summed E-state index contributed by atoms with van der Waals surface area (Å²) in [4.78, 5) is 4.83. The Kier molecular flexibility index (Phi) is 10.8. The molecule has 81 heavy (non-hydrogen) atoms. The second kappa shape index (κ2) is 18.8. The van der Waals surface area contributed by atoms with Crippen LogP contribution in [0.1, 0.15) is 22.3 Å². The van der Waals surface area contributed by atoms with Crippen LogP contribution in [0.15, 0.2) is 314 Å². The van der Waals surface area contributed by atoms with Gasteiger partial charge in [0, 0.05) is 55.7 Å². The summed E-state index contributed by atoms with van der Waals surface area (Å²) in [6.45, 7) is 0. The summed E-state index contributed by atoms with van der Waals surface area (Å²) in [7, 11) is 0. The lowest BCUT2D eigenvalue weighted by Crippen LogP contribution is -2.28. The van der Waals surface area contributed by atoms with Crippen LogP contribution in [0.25, 0.3) is 82.5 Å². The lowest BCUT2D eigenvalue weighted by atomic mass is 9.67. The second-order valence-electron chi connectivity index (χ2n) is 21.2. The van der Waals surface area contributed by atoms with E-state index in [1.807, 2.05) is 0 Å². The Hall–Kier alpha value is -10.7. The number of hydrogen-bond donors (Lipinski definition) is 0. The van der Waals surface area contributed by atoms with Gasteiger partial charge in [-0.1, -0.05) is 212 Å². The van der Waals surface area contributed by atoms with Crippen molar-refractivity contribution in [2.75, 3.05) is 9.80 Å². The molecule has 1 aliphatic rings. The van der Waals surface area contributed by atoms with Gasteiger partial charge in [0.2, 0.25) is 0 Å². The van der Waals surface area contributed by atoms with Gasteiger partial charge in [0.1, 0.15) is 5.58 Å². The number of nitrogens with zero attached hydrogens (tertiary/aromatic N) is 3. The molecule has 0 saturated carbocycles. The number of hydrogen-bond acceptors (Lipinski definition) is 3. The highest BCUT2D eigenvalue weighted by atomic mass is 16.3. The fraction of sp³-hybridized carbons (Fsp3) is 0.0130. The molecule has 0 radical (unpaired) electrons. The Balaban J connectivity index is 1.00. The van der Waals surface area contributed by atoms with Crippen LogP contribution in [-0.4, -0.2) is 4.57 Å². The topological polar surface area (TPSA) is 24.6 Å². The first kappa shape index (κ1) is 46.4. The Morgan fingerprint density at radius 1 is 0.309 bits per heavy atom. The summed E-state index contributed by atoms with van der Waals surface area (Å²) in [5, 5.41) is 6.99. The van der Waals surface area contributed by atoms with E-state index in [1.165, 1.54) is 60.4 Å². The lowest BCUT2D eigenvalue weighted by Gasteiger charge is -2.35. The maximum absolute atomic E-state index is 7.07. The molecule has 1 aliphatic carbocycles. The van der Waals surface area contributed by atoms with Gasteiger partial charge in [0.25, 0.3) is 0 Å². The average Bonchev–Trinajstić information content (AvgIpc) is 3.77. The van der Waals surface area contributed by atoms with Crippen LogP contribution in [0.2, 0.25) is 0 Å². The zero-order valence-electron chi connectivity index (χ0n) is 44.2. The Morgan fingerprint density at radius 3 is 1.59 bits per heavy atom. The van der Waals surface area contributed by atoms with Crippen LogP contribution >= 0.6 is 0 Å². The van der Waals surface area contributed by atoms with Crippen LogP contribution in [0.4, 0.5) is 34.1 Å². The van der Waals surface area contributed by atoms with Crippen molar-refractivity contribution in [3.05, 3.63) is 332 Å². The molecule has 4 heteroatoms. The molecule has 380 valence electrons. The number of aromatic nitrogens is 1. The van der Waals surface area contributed by atoms with Gasteiger partial charge >= 0.3 is 0 Å². The fourth-order valence-corrected chi connectivity index (χ4v) is 13.3. The zero-order chi connectivity index (χ0) is 53.4. The molecular weight excluding hydrogens is 983 g/mol. The number of anilines is 6. The summed E-state index contributed by atoms with van der Waals surface area (Å²) >= 11 is 0. The number of furan rings is 1. The SMILES string of the molecule is c1ccc(N(c2ccccc2)c2cc(-c3ccc4c5cc6ccccc6cc5n(-c5ccccc5)c4c3)cc(N(c3ccc4c(c3)C(c3ccccc3)(c3ccccc3)c3ccccc3-4)c3cccc4c3oc3ccccc34)c2)cc1. The van der Waals surface area contributed by atoms with Crippen LogP contribution in [0, 0.1) is 0 Å². The Morgan fingerprint density at radius 2 is 0.877 bits per heavy atom. The van der Waals surface area contributed by atoms with E-state index in [9.17, 15) is 0 Å². The zero-order valence-corrected chi connectivity index (χ0v) is 44.2. The molecule has 15 aromatic rings. The summed E-state index contributed by atoms with van der Waals surface area (Å²) in [5.74, 6) is 0. The van der Waals surface area contributed by atoms with Gasteiger partial charge in [-0.2, -0.15) is 0 Å². The fourth-order valence-electron chi connectivity index (χ4n) is 13.3. The van der Waals surface area contributed by atoms with E-state index in [-0.39, 0.29) is 0 Å². The van der Waals surface area contributed by atoms with E-state index in [2.05, 4.69) is 324 Å². The van der Waals surface area contributed by atoms with Gasteiger partial charge in [-0.25, -0.2) is 0 Å². The standard InChI is InChI=1S/C77H51N3O/c1-6-25-56(26-7-1)77(57-27-8-2-9-28-57)70-38-20-18-35-64(70)65-44-42-61(51-71(65)77)79(72-39-22-37-68-67-36-19-21-40-75(67)81-76(68)72)63-46-55(45-62(50-63)78(58-29-10-3-11-30-58)59-31-12-4-13-32-59)54-41-43-66-69-47-52-23-16-17-24-53(52)48-74(69)80(73(66)49-54)60-33-14-5-15-34-60/h1-51H. The average molecular weight is 1030 g/mol. The normalized spacial score (nSPS) is 12.5. The van der Waals surface area contributed by atoms with E-state index in [1.54, 1.807) is 0 Å². The largest absolute Gasteiger partial charge is 0.454 e. The number of rotatable bonds is 10. The highest BCUT2D eigenvalue weighted by Crippen LogP contribution is 2.58. The summed E-state index contributed by atoms with van der Waals surface area (Å²) < 4.78 is 9.51. The van der Waals surface area contributed by atoms with Crippen molar-refractivity contribution in [3.8, 4) is 27.9 Å². The van der Waals surface area contributed by atoms with Crippen LogP contribution < -0.4 is 9.80 Å². The van der Waals surface area contributed by atoms with Gasteiger partial charge in [-0.05, 0) is 152 Å². The minimum Gasteiger partial charge on any atom is -0.454 e. The highest BCUT2D eigenvalue weighted by molar-refractivity contribution is 6.15. The number of fused-ring (bicyclic) bond motifs is 10. The molecule has 0 amide bonds. The van der Waals surface area contributed by atoms with E-state index in [0.29, 0.717) is 0 Å². The molecule has 0 bridgehead atoms. The molecule has 16 rings (SSSR count). The minimum atomic E-state index is -0.621. The van der Waals surface area contributed by atoms with Crippen molar-refractivity contribution in [2.24, 2.45) is 0 Å². The Bertz CT molecular complexity index is 4790. The van der Waals surface area contributed by atoms with Gasteiger partial charge < -0.3 is 18.8 Å². The first-order valence-corrected chi connectivity index (χ1v) is 27.8. The molecule has 0 N–H and O–H groups in total. The molecule has 0 saturated heterocycles. The molecule has 13 aromatic carbocycles. The third-order valence-electron chi connectivity index (χ3n) is 16.8. The predicted octanol–water partition coefficient (Wildman–Crippen LogP) is 20.8. The highest BCUT2D eigenvalue weighted by Gasteiger charge is 2.46. The van der Waals surface area contributed by atoms with Gasteiger partial charge in [-0.15, -0.1) is 0 Å². The smallest absolute Gasteiger partial charge is 0.159 e. The molecule has 2 aromatic heterocycles. The van der Waals surface area contributed by atoms with E-state index >= 15 is 0 Å². The quantitative estimate of drug-likeness (QED) is 0.136. The molecular formula is C77H51N3O. The summed E-state index contributed by atoms with van der Waals surface area (Å²) in [5.41, 5.74) is 20.0. The van der Waals surface area contributed by atoms with E-state index in [4.69, 9.17) is 4.42 Å². The summed E-state index contributed by atoms with van der Waals surface area (Å²) in [6.07, 6.45) is 0. The number of benzene rings is 13. The molecule has 0 aliphatic heterocycles. The van der Waals surface area contributed by atoms with Crippen molar-refractivity contribution in [1.29, 1.82) is 0 Å². The van der Waals surface area contributed by atoms with Crippen molar-refractivity contribution in [1.82, 2.24) is 4.57 Å². The molecule has 4 nitrogen and oxygen atoms in total. The predicted molar refractivity (Wildman–Crippen MR) is 338 cm³/mol. The van der Waals surface area contributed by atoms with Crippen LogP contribution in [0.5, 0.6) is 0 Å². The molecule has 0 atom stereocenters.